The van der Waals surface area contributed by atoms with Crippen LogP contribution in [0, 0.1) is 17.4 Å². The van der Waals surface area contributed by atoms with Gasteiger partial charge in [-0.25, -0.2) is 0 Å². The van der Waals surface area contributed by atoms with E-state index < -0.39 is 0 Å². The molecular formula is C10H11N2. The summed E-state index contributed by atoms with van der Waals surface area (Å²) in [4.78, 5) is 0. The summed E-state index contributed by atoms with van der Waals surface area (Å²) in [6, 6.07) is 10.8. The van der Waals surface area contributed by atoms with E-state index >= 15 is 0 Å². The summed E-state index contributed by atoms with van der Waals surface area (Å²) >= 11 is 0. The molecule has 0 spiro atoms. The standard InChI is InChI=1S/C10H11N2/c1-8(2)12-10-5-3-9(7-11)4-6-10/h3-5,8,12H,1-2H3. The van der Waals surface area contributed by atoms with E-state index in [-0.39, 0.29) is 0 Å². The number of hydrogen-bond donors (Lipinski definition) is 1. The number of anilines is 1. The van der Waals surface area contributed by atoms with Crippen molar-refractivity contribution in [2.75, 3.05) is 5.32 Å². The molecule has 0 amide bonds. The number of benzene rings is 1. The van der Waals surface area contributed by atoms with Crippen LogP contribution in [0.1, 0.15) is 19.4 Å². The molecule has 0 aliphatic rings. The van der Waals surface area contributed by atoms with E-state index in [4.69, 9.17) is 5.26 Å². The zero-order chi connectivity index (χ0) is 8.97. The summed E-state index contributed by atoms with van der Waals surface area (Å²) in [6.07, 6.45) is 0. The van der Waals surface area contributed by atoms with Gasteiger partial charge in [0.05, 0.1) is 11.6 Å². The molecule has 1 rings (SSSR count). The minimum atomic E-state index is 0.397. The Balaban J connectivity index is 2.73. The minimum absolute atomic E-state index is 0.397. The van der Waals surface area contributed by atoms with E-state index in [1.165, 1.54) is 0 Å². The zero-order valence-corrected chi connectivity index (χ0v) is 7.26. The van der Waals surface area contributed by atoms with Crippen LogP contribution in [0.3, 0.4) is 0 Å². The average Bonchev–Trinajstić information content (AvgIpc) is 2.05. The van der Waals surface area contributed by atoms with Gasteiger partial charge in [-0.05, 0) is 32.0 Å². The van der Waals surface area contributed by atoms with Crippen molar-refractivity contribution >= 4 is 5.69 Å². The van der Waals surface area contributed by atoms with Crippen LogP contribution in [0.4, 0.5) is 5.69 Å². The Kier molecular flexibility index (Phi) is 2.71. The molecule has 0 aliphatic carbocycles. The first-order chi connectivity index (χ1) is 5.72. The lowest BCUT2D eigenvalue weighted by Gasteiger charge is -2.08. The normalized spacial score (nSPS) is 9.50. The van der Waals surface area contributed by atoms with Crippen LogP contribution in [0.2, 0.25) is 0 Å². The van der Waals surface area contributed by atoms with Gasteiger partial charge in [0.2, 0.25) is 0 Å². The molecule has 2 heteroatoms. The third-order valence-electron chi connectivity index (χ3n) is 1.39. The molecule has 0 fully saturated rings. The molecule has 1 aromatic rings. The topological polar surface area (TPSA) is 35.8 Å². The van der Waals surface area contributed by atoms with Crippen molar-refractivity contribution < 1.29 is 0 Å². The highest BCUT2D eigenvalue weighted by atomic mass is 14.9. The van der Waals surface area contributed by atoms with Gasteiger partial charge < -0.3 is 5.32 Å². The van der Waals surface area contributed by atoms with E-state index in [2.05, 4.69) is 25.2 Å². The molecule has 61 valence electrons. The molecule has 1 radical (unpaired) electrons. The summed E-state index contributed by atoms with van der Waals surface area (Å²) in [6.45, 7) is 4.12. The van der Waals surface area contributed by atoms with Crippen molar-refractivity contribution in [2.45, 2.75) is 19.9 Å². The van der Waals surface area contributed by atoms with Gasteiger partial charge in [-0.3, -0.25) is 0 Å². The van der Waals surface area contributed by atoms with Crippen molar-refractivity contribution in [2.24, 2.45) is 0 Å². The molecule has 1 aromatic carbocycles. The summed E-state index contributed by atoms with van der Waals surface area (Å²) in [5.74, 6) is 0. The van der Waals surface area contributed by atoms with Crippen LogP contribution < -0.4 is 5.32 Å². The lowest BCUT2D eigenvalue weighted by Crippen LogP contribution is -2.09. The third kappa shape index (κ3) is 2.28. The summed E-state index contributed by atoms with van der Waals surface area (Å²) in [5, 5.41) is 11.7. The first kappa shape index (κ1) is 8.61. The molecule has 0 aromatic heterocycles. The van der Waals surface area contributed by atoms with Gasteiger partial charge >= 0.3 is 0 Å². The van der Waals surface area contributed by atoms with E-state index in [0.717, 1.165) is 5.69 Å². The van der Waals surface area contributed by atoms with Crippen molar-refractivity contribution in [3.05, 3.63) is 29.8 Å². The largest absolute Gasteiger partial charge is 0.382 e. The summed E-state index contributed by atoms with van der Waals surface area (Å²) in [7, 11) is 0. The van der Waals surface area contributed by atoms with Gasteiger partial charge in [-0.15, -0.1) is 0 Å². The molecule has 0 saturated heterocycles. The molecule has 0 unspecified atom stereocenters. The second-order valence-corrected chi connectivity index (χ2v) is 2.90. The first-order valence-corrected chi connectivity index (χ1v) is 3.91. The zero-order valence-electron chi connectivity index (χ0n) is 7.26. The van der Waals surface area contributed by atoms with Crippen molar-refractivity contribution in [1.29, 1.82) is 5.26 Å². The van der Waals surface area contributed by atoms with E-state index in [9.17, 15) is 0 Å². The van der Waals surface area contributed by atoms with Gasteiger partial charge in [0.25, 0.3) is 0 Å². The number of nitriles is 1. The average molecular weight is 159 g/mol. The van der Waals surface area contributed by atoms with Crippen LogP contribution in [0.5, 0.6) is 0 Å². The Morgan fingerprint density at radius 3 is 2.67 bits per heavy atom. The lowest BCUT2D eigenvalue weighted by atomic mass is 10.2. The smallest absolute Gasteiger partial charge is 0.0991 e. The Labute approximate surface area is 72.8 Å². The highest BCUT2D eigenvalue weighted by Gasteiger charge is 1.94. The molecule has 1 N–H and O–H groups in total. The molecular weight excluding hydrogens is 148 g/mol. The van der Waals surface area contributed by atoms with Gasteiger partial charge in [0.1, 0.15) is 0 Å². The van der Waals surface area contributed by atoms with Crippen LogP contribution in [-0.4, -0.2) is 6.04 Å². The maximum Gasteiger partial charge on any atom is 0.0991 e. The first-order valence-electron chi connectivity index (χ1n) is 3.91. The van der Waals surface area contributed by atoms with Gasteiger partial charge in [-0.2, -0.15) is 5.26 Å². The Morgan fingerprint density at radius 2 is 2.25 bits per heavy atom. The number of nitrogens with one attached hydrogen (secondary N) is 1. The van der Waals surface area contributed by atoms with Gasteiger partial charge in [0.15, 0.2) is 0 Å². The van der Waals surface area contributed by atoms with Crippen molar-refractivity contribution in [3.8, 4) is 6.07 Å². The number of nitrogens with zero attached hydrogens (tertiary/aromatic N) is 1. The summed E-state index contributed by atoms with van der Waals surface area (Å²) < 4.78 is 0. The van der Waals surface area contributed by atoms with E-state index in [1.54, 1.807) is 12.1 Å². The van der Waals surface area contributed by atoms with Crippen LogP contribution in [0.25, 0.3) is 0 Å². The molecule has 2 nitrogen and oxygen atoms in total. The monoisotopic (exact) mass is 159 g/mol. The predicted molar refractivity (Wildman–Crippen MR) is 48.8 cm³/mol. The maximum atomic E-state index is 8.52. The number of rotatable bonds is 2. The molecule has 0 aliphatic heterocycles. The molecule has 12 heavy (non-hydrogen) atoms. The minimum Gasteiger partial charge on any atom is -0.382 e. The highest BCUT2D eigenvalue weighted by Crippen LogP contribution is 2.08. The highest BCUT2D eigenvalue weighted by molar-refractivity contribution is 5.46. The van der Waals surface area contributed by atoms with Crippen molar-refractivity contribution in [1.82, 2.24) is 0 Å². The second-order valence-electron chi connectivity index (χ2n) is 2.90. The molecule has 0 bridgehead atoms. The maximum absolute atomic E-state index is 8.52. The fraction of sp³-hybridized carbons (Fsp3) is 0.300. The summed E-state index contributed by atoms with van der Waals surface area (Å²) in [5.41, 5.74) is 1.58. The molecule has 0 heterocycles. The van der Waals surface area contributed by atoms with E-state index in [0.29, 0.717) is 11.6 Å². The fourth-order valence-corrected chi connectivity index (χ4v) is 0.895. The molecule has 0 atom stereocenters. The number of hydrogen-bond acceptors (Lipinski definition) is 2. The van der Waals surface area contributed by atoms with Gasteiger partial charge in [0, 0.05) is 17.8 Å². The quantitative estimate of drug-likeness (QED) is 0.717. The predicted octanol–water partition coefficient (Wildman–Crippen LogP) is 2.18. The Morgan fingerprint density at radius 1 is 1.50 bits per heavy atom. The fourth-order valence-electron chi connectivity index (χ4n) is 0.895. The lowest BCUT2D eigenvalue weighted by molar-refractivity contribution is 0.899. The Bertz CT molecular complexity index is 280. The van der Waals surface area contributed by atoms with E-state index in [1.807, 2.05) is 12.1 Å². The Hall–Kier alpha value is -1.49. The molecule has 0 saturated carbocycles. The van der Waals surface area contributed by atoms with Crippen molar-refractivity contribution in [3.63, 3.8) is 0 Å². The third-order valence-corrected chi connectivity index (χ3v) is 1.39. The van der Waals surface area contributed by atoms with Gasteiger partial charge in [-0.1, -0.05) is 0 Å². The van der Waals surface area contributed by atoms with Crippen LogP contribution in [-0.2, 0) is 0 Å². The van der Waals surface area contributed by atoms with Crippen LogP contribution >= 0.6 is 0 Å². The second kappa shape index (κ2) is 3.77. The SMILES string of the molecule is CC(C)Nc1[c]cc(C#N)cc1. The van der Waals surface area contributed by atoms with Crippen LogP contribution in [0.15, 0.2) is 18.2 Å².